The van der Waals surface area contributed by atoms with Gasteiger partial charge in [0.15, 0.2) is 0 Å². The van der Waals surface area contributed by atoms with Crippen molar-refractivity contribution >= 4 is 21.7 Å². The summed E-state index contributed by atoms with van der Waals surface area (Å²) in [7, 11) is 1.86. The number of hydrogen-bond donors (Lipinski definition) is 1. The Labute approximate surface area is 115 Å². The first-order valence-corrected chi connectivity index (χ1v) is 6.50. The van der Waals surface area contributed by atoms with Gasteiger partial charge in [-0.2, -0.15) is 0 Å². The summed E-state index contributed by atoms with van der Waals surface area (Å²) in [5.74, 6) is 1.75. The molecule has 2 aromatic rings. The van der Waals surface area contributed by atoms with E-state index < -0.39 is 0 Å². The normalized spacial score (nSPS) is 10.2. The van der Waals surface area contributed by atoms with Crippen molar-refractivity contribution < 1.29 is 4.74 Å². The van der Waals surface area contributed by atoms with Gasteiger partial charge in [-0.1, -0.05) is 22.0 Å². The van der Waals surface area contributed by atoms with E-state index in [0.717, 1.165) is 27.2 Å². The topological polar surface area (TPSA) is 34.2 Å². The number of pyridine rings is 1. The van der Waals surface area contributed by atoms with Crippen LogP contribution in [0.15, 0.2) is 41.0 Å². The number of benzene rings is 1. The minimum absolute atomic E-state index is 0.506. The van der Waals surface area contributed by atoms with Crippen molar-refractivity contribution in [3.63, 3.8) is 0 Å². The van der Waals surface area contributed by atoms with Crippen LogP contribution in [0.2, 0.25) is 0 Å². The minimum Gasteiger partial charge on any atom is -0.488 e. The summed E-state index contributed by atoms with van der Waals surface area (Å²) in [5, 5.41) is 3.06. The first-order valence-electron chi connectivity index (χ1n) is 5.71. The molecule has 0 aliphatic carbocycles. The third-order valence-corrected chi connectivity index (χ3v) is 3.14. The molecule has 4 heteroatoms. The lowest BCUT2D eigenvalue weighted by Crippen LogP contribution is -2.02. The Kier molecular flexibility index (Phi) is 4.20. The fourth-order valence-electron chi connectivity index (χ4n) is 1.71. The molecular formula is C14H15BrN2O. The van der Waals surface area contributed by atoms with Gasteiger partial charge in [0.25, 0.3) is 0 Å². The maximum atomic E-state index is 5.82. The average molecular weight is 307 g/mol. The second-order valence-corrected chi connectivity index (χ2v) is 4.88. The molecule has 1 N–H and O–H groups in total. The zero-order valence-corrected chi connectivity index (χ0v) is 12.0. The van der Waals surface area contributed by atoms with Crippen LogP contribution in [0.3, 0.4) is 0 Å². The molecule has 1 aromatic heterocycles. The maximum Gasteiger partial charge on any atom is 0.132 e. The average Bonchev–Trinajstić information content (AvgIpc) is 2.38. The molecule has 94 valence electrons. The van der Waals surface area contributed by atoms with Crippen molar-refractivity contribution in [1.82, 2.24) is 4.98 Å². The molecule has 3 nitrogen and oxygen atoms in total. The van der Waals surface area contributed by atoms with Crippen LogP contribution in [-0.4, -0.2) is 12.0 Å². The van der Waals surface area contributed by atoms with E-state index in [9.17, 15) is 0 Å². The minimum atomic E-state index is 0.506. The second-order valence-electron chi connectivity index (χ2n) is 3.96. The van der Waals surface area contributed by atoms with Crippen molar-refractivity contribution in [2.24, 2.45) is 0 Å². The number of aromatic nitrogens is 1. The molecule has 1 heterocycles. The van der Waals surface area contributed by atoms with Gasteiger partial charge in [-0.25, -0.2) is 4.98 Å². The van der Waals surface area contributed by atoms with Gasteiger partial charge in [-0.3, -0.25) is 0 Å². The Bertz CT molecular complexity index is 543. The van der Waals surface area contributed by atoms with Gasteiger partial charge >= 0.3 is 0 Å². The Morgan fingerprint density at radius 2 is 2.17 bits per heavy atom. The molecule has 18 heavy (non-hydrogen) atoms. The zero-order chi connectivity index (χ0) is 13.0. The number of aryl methyl sites for hydroxylation is 1. The SMILES string of the molecule is CNc1ncccc1COc1ccc(Br)cc1C. The van der Waals surface area contributed by atoms with E-state index in [-0.39, 0.29) is 0 Å². The molecule has 0 radical (unpaired) electrons. The van der Waals surface area contributed by atoms with E-state index in [1.165, 1.54) is 0 Å². The molecule has 0 saturated carbocycles. The van der Waals surface area contributed by atoms with Crippen LogP contribution < -0.4 is 10.1 Å². The molecule has 2 rings (SSSR count). The third kappa shape index (κ3) is 3.01. The monoisotopic (exact) mass is 306 g/mol. The van der Waals surface area contributed by atoms with Crippen molar-refractivity contribution in [1.29, 1.82) is 0 Å². The smallest absolute Gasteiger partial charge is 0.132 e. The maximum absolute atomic E-state index is 5.82. The zero-order valence-electron chi connectivity index (χ0n) is 10.4. The number of nitrogens with one attached hydrogen (secondary N) is 1. The first kappa shape index (κ1) is 12.9. The van der Waals surface area contributed by atoms with Crippen molar-refractivity contribution in [3.05, 3.63) is 52.1 Å². The van der Waals surface area contributed by atoms with Crippen LogP contribution in [0.1, 0.15) is 11.1 Å². The third-order valence-electron chi connectivity index (χ3n) is 2.65. The summed E-state index contributed by atoms with van der Waals surface area (Å²) >= 11 is 3.44. The predicted octanol–water partition coefficient (Wildman–Crippen LogP) is 3.77. The summed E-state index contributed by atoms with van der Waals surface area (Å²) < 4.78 is 6.88. The van der Waals surface area contributed by atoms with Gasteiger partial charge in [-0.05, 0) is 36.8 Å². The van der Waals surface area contributed by atoms with Gasteiger partial charge in [0.2, 0.25) is 0 Å². The van der Waals surface area contributed by atoms with E-state index in [2.05, 4.69) is 26.2 Å². The number of ether oxygens (including phenoxy) is 1. The van der Waals surface area contributed by atoms with Crippen molar-refractivity contribution in [2.45, 2.75) is 13.5 Å². The lowest BCUT2D eigenvalue weighted by atomic mass is 10.2. The van der Waals surface area contributed by atoms with E-state index in [1.807, 2.05) is 44.3 Å². The predicted molar refractivity (Wildman–Crippen MR) is 77.0 cm³/mol. The number of halogens is 1. The molecule has 0 unspecified atom stereocenters. The van der Waals surface area contributed by atoms with Gasteiger partial charge in [0.1, 0.15) is 18.2 Å². The fourth-order valence-corrected chi connectivity index (χ4v) is 2.19. The Morgan fingerprint density at radius 3 is 2.89 bits per heavy atom. The van der Waals surface area contributed by atoms with E-state index in [1.54, 1.807) is 6.20 Å². The second kappa shape index (κ2) is 5.87. The lowest BCUT2D eigenvalue weighted by molar-refractivity contribution is 0.304. The Morgan fingerprint density at radius 1 is 1.33 bits per heavy atom. The summed E-state index contributed by atoms with van der Waals surface area (Å²) in [6, 6.07) is 9.90. The number of nitrogens with zero attached hydrogens (tertiary/aromatic N) is 1. The molecule has 0 amide bonds. The fraction of sp³-hybridized carbons (Fsp3) is 0.214. The largest absolute Gasteiger partial charge is 0.488 e. The Balaban J connectivity index is 2.11. The Hall–Kier alpha value is -1.55. The van der Waals surface area contributed by atoms with E-state index in [4.69, 9.17) is 4.74 Å². The summed E-state index contributed by atoms with van der Waals surface area (Å²) in [4.78, 5) is 4.25. The van der Waals surface area contributed by atoms with Gasteiger partial charge in [0, 0.05) is 23.3 Å². The highest BCUT2D eigenvalue weighted by atomic mass is 79.9. The summed E-state index contributed by atoms with van der Waals surface area (Å²) in [6.07, 6.45) is 1.76. The first-order chi connectivity index (χ1) is 8.70. The summed E-state index contributed by atoms with van der Waals surface area (Å²) in [6.45, 7) is 2.54. The highest BCUT2D eigenvalue weighted by Gasteiger charge is 2.04. The van der Waals surface area contributed by atoms with Crippen LogP contribution in [0, 0.1) is 6.92 Å². The van der Waals surface area contributed by atoms with Crippen LogP contribution in [-0.2, 0) is 6.61 Å². The molecule has 1 aromatic carbocycles. The van der Waals surface area contributed by atoms with Crippen molar-refractivity contribution in [2.75, 3.05) is 12.4 Å². The molecule has 0 saturated heterocycles. The highest BCUT2D eigenvalue weighted by Crippen LogP contribution is 2.23. The van der Waals surface area contributed by atoms with Crippen LogP contribution in [0.25, 0.3) is 0 Å². The van der Waals surface area contributed by atoms with Crippen molar-refractivity contribution in [3.8, 4) is 5.75 Å². The van der Waals surface area contributed by atoms with Crippen LogP contribution in [0.5, 0.6) is 5.75 Å². The van der Waals surface area contributed by atoms with E-state index >= 15 is 0 Å². The number of hydrogen-bond acceptors (Lipinski definition) is 3. The standard InChI is InChI=1S/C14H15BrN2O/c1-10-8-12(15)5-6-13(10)18-9-11-4-3-7-17-14(11)16-2/h3-8H,9H2,1-2H3,(H,16,17). The quantitative estimate of drug-likeness (QED) is 0.933. The van der Waals surface area contributed by atoms with E-state index in [0.29, 0.717) is 6.61 Å². The van der Waals surface area contributed by atoms with Crippen LogP contribution in [0.4, 0.5) is 5.82 Å². The van der Waals surface area contributed by atoms with Gasteiger partial charge < -0.3 is 10.1 Å². The molecular weight excluding hydrogens is 292 g/mol. The molecule has 0 atom stereocenters. The summed E-state index contributed by atoms with van der Waals surface area (Å²) in [5.41, 5.74) is 2.15. The van der Waals surface area contributed by atoms with Gasteiger partial charge in [-0.15, -0.1) is 0 Å². The molecule has 0 aliphatic rings. The molecule has 0 spiro atoms. The highest BCUT2D eigenvalue weighted by molar-refractivity contribution is 9.10. The molecule has 0 fully saturated rings. The van der Waals surface area contributed by atoms with Gasteiger partial charge in [0.05, 0.1) is 0 Å². The molecule has 0 aliphatic heterocycles. The number of rotatable bonds is 4. The lowest BCUT2D eigenvalue weighted by Gasteiger charge is -2.11. The molecule has 0 bridgehead atoms. The number of anilines is 1. The van der Waals surface area contributed by atoms with Crippen LogP contribution >= 0.6 is 15.9 Å².